The quantitative estimate of drug-likeness (QED) is 0.735. The van der Waals surface area contributed by atoms with Crippen molar-refractivity contribution in [3.8, 4) is 11.5 Å². The van der Waals surface area contributed by atoms with Crippen LogP contribution in [0.1, 0.15) is 16.7 Å². The molecule has 0 saturated carbocycles. The van der Waals surface area contributed by atoms with Crippen LogP contribution in [-0.4, -0.2) is 33.2 Å². The summed E-state index contributed by atoms with van der Waals surface area (Å²) in [6, 6.07) is 14.0. The van der Waals surface area contributed by atoms with Gasteiger partial charge in [0.2, 0.25) is 5.91 Å². The van der Waals surface area contributed by atoms with Crippen molar-refractivity contribution in [2.45, 2.75) is 19.9 Å². The summed E-state index contributed by atoms with van der Waals surface area (Å²) in [4.78, 5) is 11.9. The third-order valence-electron chi connectivity index (χ3n) is 3.88. The van der Waals surface area contributed by atoms with E-state index in [4.69, 9.17) is 9.47 Å². The zero-order chi connectivity index (χ0) is 18.1. The van der Waals surface area contributed by atoms with Crippen LogP contribution in [0.2, 0.25) is 0 Å². The fourth-order valence-corrected chi connectivity index (χ4v) is 2.59. The Labute approximate surface area is 149 Å². The summed E-state index contributed by atoms with van der Waals surface area (Å²) in [5.41, 5.74) is 3.49. The number of rotatable bonds is 9. The number of benzene rings is 2. The highest BCUT2D eigenvalue weighted by molar-refractivity contribution is 5.77. The lowest BCUT2D eigenvalue weighted by Gasteiger charge is -2.10. The molecule has 2 aromatic carbocycles. The molecular formula is C20H26N2O3. The number of methoxy groups -OCH3 is 2. The monoisotopic (exact) mass is 342 g/mol. The SMILES string of the molecule is COc1ccc(CCNC(=O)CNCc2cccc(C)c2)cc1OC. The Kier molecular flexibility index (Phi) is 7.29. The molecule has 5 nitrogen and oxygen atoms in total. The van der Waals surface area contributed by atoms with E-state index in [2.05, 4.69) is 35.8 Å². The Morgan fingerprint density at radius 2 is 1.80 bits per heavy atom. The molecule has 0 fully saturated rings. The molecule has 0 aliphatic heterocycles. The van der Waals surface area contributed by atoms with Gasteiger partial charge in [-0.3, -0.25) is 4.79 Å². The Hall–Kier alpha value is -2.53. The van der Waals surface area contributed by atoms with Gasteiger partial charge < -0.3 is 20.1 Å². The number of amides is 1. The van der Waals surface area contributed by atoms with Gasteiger partial charge in [-0.1, -0.05) is 35.9 Å². The van der Waals surface area contributed by atoms with E-state index in [-0.39, 0.29) is 5.91 Å². The van der Waals surface area contributed by atoms with Crippen LogP contribution < -0.4 is 20.1 Å². The van der Waals surface area contributed by atoms with Gasteiger partial charge in [0.15, 0.2) is 11.5 Å². The van der Waals surface area contributed by atoms with Crippen LogP contribution >= 0.6 is 0 Å². The molecule has 2 N–H and O–H groups in total. The molecule has 0 bridgehead atoms. The van der Waals surface area contributed by atoms with E-state index in [0.717, 1.165) is 12.0 Å². The van der Waals surface area contributed by atoms with E-state index < -0.39 is 0 Å². The molecule has 0 unspecified atom stereocenters. The van der Waals surface area contributed by atoms with Crippen molar-refractivity contribution in [3.05, 3.63) is 59.2 Å². The van der Waals surface area contributed by atoms with Gasteiger partial charge >= 0.3 is 0 Å². The summed E-state index contributed by atoms with van der Waals surface area (Å²) in [6.07, 6.45) is 0.740. The minimum atomic E-state index is -0.00636. The standard InChI is InChI=1S/C20H26N2O3/c1-15-5-4-6-17(11-15)13-21-14-20(23)22-10-9-16-7-8-18(24-2)19(12-16)25-3/h4-8,11-12,21H,9-10,13-14H2,1-3H3,(H,22,23). The number of nitrogens with one attached hydrogen (secondary N) is 2. The molecule has 0 spiro atoms. The fraction of sp³-hybridized carbons (Fsp3) is 0.350. The first-order chi connectivity index (χ1) is 12.1. The van der Waals surface area contributed by atoms with Gasteiger partial charge in [-0.25, -0.2) is 0 Å². The largest absolute Gasteiger partial charge is 0.493 e. The van der Waals surface area contributed by atoms with Gasteiger partial charge in [-0.2, -0.15) is 0 Å². The molecule has 0 atom stereocenters. The maximum absolute atomic E-state index is 11.9. The molecule has 0 radical (unpaired) electrons. The summed E-state index contributed by atoms with van der Waals surface area (Å²) in [7, 11) is 3.23. The molecular weight excluding hydrogens is 316 g/mol. The van der Waals surface area contributed by atoms with E-state index in [1.165, 1.54) is 11.1 Å². The van der Waals surface area contributed by atoms with Crippen molar-refractivity contribution >= 4 is 5.91 Å². The van der Waals surface area contributed by atoms with Crippen LogP contribution in [0.5, 0.6) is 11.5 Å². The average molecular weight is 342 g/mol. The van der Waals surface area contributed by atoms with Crippen molar-refractivity contribution in [3.63, 3.8) is 0 Å². The third kappa shape index (κ3) is 6.12. The predicted molar refractivity (Wildman–Crippen MR) is 99.1 cm³/mol. The average Bonchev–Trinajstić information content (AvgIpc) is 2.61. The second-order valence-electron chi connectivity index (χ2n) is 5.88. The van der Waals surface area contributed by atoms with E-state index in [9.17, 15) is 4.79 Å². The predicted octanol–water partition coefficient (Wildman–Crippen LogP) is 2.46. The van der Waals surface area contributed by atoms with Gasteiger partial charge in [-0.15, -0.1) is 0 Å². The van der Waals surface area contributed by atoms with Gasteiger partial charge in [0, 0.05) is 13.1 Å². The Balaban J connectivity index is 1.70. The number of carbonyl (C=O) groups excluding carboxylic acids is 1. The summed E-state index contributed by atoms with van der Waals surface area (Å²) in [6.45, 7) is 3.63. The van der Waals surface area contributed by atoms with Crippen molar-refractivity contribution < 1.29 is 14.3 Å². The molecule has 134 valence electrons. The molecule has 5 heteroatoms. The van der Waals surface area contributed by atoms with Crippen molar-refractivity contribution in [1.29, 1.82) is 0 Å². The molecule has 1 amide bonds. The fourth-order valence-electron chi connectivity index (χ4n) is 2.59. The summed E-state index contributed by atoms with van der Waals surface area (Å²) >= 11 is 0. The lowest BCUT2D eigenvalue weighted by molar-refractivity contribution is -0.120. The minimum Gasteiger partial charge on any atom is -0.493 e. The number of carbonyl (C=O) groups is 1. The van der Waals surface area contributed by atoms with Gasteiger partial charge in [0.25, 0.3) is 0 Å². The summed E-state index contributed by atoms with van der Waals surface area (Å²) < 4.78 is 10.5. The Morgan fingerprint density at radius 3 is 2.52 bits per heavy atom. The molecule has 0 saturated heterocycles. The molecule has 2 aromatic rings. The lowest BCUT2D eigenvalue weighted by Crippen LogP contribution is -2.34. The lowest BCUT2D eigenvalue weighted by atomic mass is 10.1. The van der Waals surface area contributed by atoms with Crippen molar-refractivity contribution in [1.82, 2.24) is 10.6 Å². The molecule has 2 rings (SSSR count). The summed E-state index contributed by atoms with van der Waals surface area (Å²) in [5, 5.41) is 6.08. The van der Waals surface area contributed by atoms with E-state index in [0.29, 0.717) is 31.1 Å². The van der Waals surface area contributed by atoms with Crippen LogP contribution in [0.25, 0.3) is 0 Å². The van der Waals surface area contributed by atoms with Crippen LogP contribution in [0.15, 0.2) is 42.5 Å². The zero-order valence-electron chi connectivity index (χ0n) is 15.1. The normalized spacial score (nSPS) is 10.4. The molecule has 0 aliphatic rings. The van der Waals surface area contributed by atoms with Gasteiger partial charge in [-0.05, 0) is 36.6 Å². The van der Waals surface area contributed by atoms with Crippen LogP contribution in [-0.2, 0) is 17.8 Å². The Bertz CT molecular complexity index is 701. The number of hydrogen-bond acceptors (Lipinski definition) is 4. The second kappa shape index (κ2) is 9.69. The third-order valence-corrected chi connectivity index (χ3v) is 3.88. The van der Waals surface area contributed by atoms with Crippen LogP contribution in [0.3, 0.4) is 0 Å². The van der Waals surface area contributed by atoms with Gasteiger partial charge in [0.05, 0.1) is 20.8 Å². The molecule has 0 aliphatic carbocycles. The minimum absolute atomic E-state index is 0.00636. The molecule has 0 heterocycles. The molecule has 25 heavy (non-hydrogen) atoms. The van der Waals surface area contributed by atoms with E-state index >= 15 is 0 Å². The van der Waals surface area contributed by atoms with Gasteiger partial charge in [0.1, 0.15) is 0 Å². The molecule has 0 aromatic heterocycles. The highest BCUT2D eigenvalue weighted by Crippen LogP contribution is 2.27. The van der Waals surface area contributed by atoms with Crippen LogP contribution in [0.4, 0.5) is 0 Å². The summed E-state index contributed by atoms with van der Waals surface area (Å²) in [5.74, 6) is 1.40. The van der Waals surface area contributed by atoms with E-state index in [1.54, 1.807) is 14.2 Å². The number of hydrogen-bond donors (Lipinski definition) is 2. The highest BCUT2D eigenvalue weighted by Gasteiger charge is 2.05. The smallest absolute Gasteiger partial charge is 0.233 e. The van der Waals surface area contributed by atoms with Crippen LogP contribution in [0, 0.1) is 6.92 Å². The van der Waals surface area contributed by atoms with Crippen molar-refractivity contribution in [2.75, 3.05) is 27.3 Å². The first kappa shape index (κ1) is 18.8. The number of ether oxygens (including phenoxy) is 2. The Morgan fingerprint density at radius 1 is 1.00 bits per heavy atom. The second-order valence-corrected chi connectivity index (χ2v) is 5.88. The number of aryl methyl sites for hydroxylation is 1. The first-order valence-electron chi connectivity index (χ1n) is 8.36. The maximum atomic E-state index is 11.9. The van der Waals surface area contributed by atoms with E-state index in [1.807, 2.05) is 24.3 Å². The topological polar surface area (TPSA) is 59.6 Å². The highest BCUT2D eigenvalue weighted by atomic mass is 16.5. The van der Waals surface area contributed by atoms with Crippen molar-refractivity contribution in [2.24, 2.45) is 0 Å². The first-order valence-corrected chi connectivity index (χ1v) is 8.36. The maximum Gasteiger partial charge on any atom is 0.233 e. The zero-order valence-corrected chi connectivity index (χ0v) is 15.1.